The molecule has 1 unspecified atom stereocenters. The molecule has 1 aromatic rings. The Morgan fingerprint density at radius 2 is 2.04 bits per heavy atom. The van der Waals surface area contributed by atoms with E-state index in [4.69, 9.17) is 16.7 Å². The molecule has 4 N–H and O–H groups in total. The van der Waals surface area contributed by atoms with E-state index in [0.29, 0.717) is 11.3 Å². The highest BCUT2D eigenvalue weighted by atomic mass is 35.5. The summed E-state index contributed by atoms with van der Waals surface area (Å²) in [4.78, 5) is 14.9. The van der Waals surface area contributed by atoms with Gasteiger partial charge in [0, 0.05) is 4.90 Å². The van der Waals surface area contributed by atoms with E-state index >= 15 is 0 Å². The third-order valence-electron chi connectivity index (χ3n) is 3.57. The summed E-state index contributed by atoms with van der Waals surface area (Å²) < 4.78 is 26.2. The number of hydrogen-bond donors (Lipinski definition) is 3. The molecule has 2 rings (SSSR count). The maximum absolute atomic E-state index is 11.5. The largest absolute Gasteiger partial charge is 0.368 e. The molecule has 0 saturated carbocycles. The van der Waals surface area contributed by atoms with Crippen LogP contribution < -0.4 is 15.2 Å². The molecule has 0 fully saturated rings. The predicted molar refractivity (Wildman–Crippen MR) is 95.3 cm³/mol. The molecule has 1 heterocycles. The summed E-state index contributed by atoms with van der Waals surface area (Å²) in [6.45, 7) is 0.126. The van der Waals surface area contributed by atoms with Crippen LogP contribution >= 0.6 is 23.5 Å². The lowest BCUT2D eigenvalue weighted by atomic mass is 10.1. The molecular weight excluding hydrogens is 392 g/mol. The minimum Gasteiger partial charge on any atom is -0.368 e. The number of nitrogens with zero attached hydrogens (tertiary/aromatic N) is 1. The van der Waals surface area contributed by atoms with Crippen LogP contribution in [-0.2, 0) is 14.9 Å². The fourth-order valence-electron chi connectivity index (χ4n) is 2.38. The lowest BCUT2D eigenvalue weighted by molar-refractivity contribution is -0.757. The van der Waals surface area contributed by atoms with Crippen LogP contribution in [0.15, 0.2) is 21.9 Å². The third kappa shape index (κ3) is 6.19. The SMILES string of the molecule is NS(=O)(=O)c1cc2c(cc1Cl)NC(CCCCCCO[N+](=O)[O-])NS2. The van der Waals surface area contributed by atoms with E-state index in [2.05, 4.69) is 14.9 Å². The van der Waals surface area contributed by atoms with Crippen molar-refractivity contribution in [3.63, 3.8) is 0 Å². The number of unbranched alkanes of at least 4 members (excludes halogenated alkanes) is 3. The Hall–Kier alpha value is -1.27. The van der Waals surface area contributed by atoms with Gasteiger partial charge in [-0.1, -0.05) is 30.9 Å². The number of hydrogen-bond acceptors (Lipinski definition) is 8. The summed E-state index contributed by atoms with van der Waals surface area (Å²) in [5, 5.41) is 17.7. The molecule has 0 aliphatic carbocycles. The summed E-state index contributed by atoms with van der Waals surface area (Å²) in [7, 11) is -3.86. The number of sulfonamides is 1. The van der Waals surface area contributed by atoms with Gasteiger partial charge in [-0.3, -0.25) is 0 Å². The van der Waals surface area contributed by atoms with Crippen LogP contribution in [0.25, 0.3) is 0 Å². The number of fused-ring (bicyclic) bond motifs is 1. The van der Waals surface area contributed by atoms with Crippen LogP contribution in [0.4, 0.5) is 5.69 Å². The van der Waals surface area contributed by atoms with E-state index in [1.165, 1.54) is 18.0 Å². The van der Waals surface area contributed by atoms with Crippen LogP contribution in [0.2, 0.25) is 5.02 Å². The molecule has 1 atom stereocenters. The topological polar surface area (TPSA) is 137 Å². The van der Waals surface area contributed by atoms with Crippen molar-refractivity contribution in [2.24, 2.45) is 5.14 Å². The van der Waals surface area contributed by atoms with Gasteiger partial charge >= 0.3 is 0 Å². The fraction of sp³-hybridized carbons (Fsp3) is 0.538. The minimum atomic E-state index is -3.86. The molecule has 1 aliphatic rings. The second-order valence-electron chi connectivity index (χ2n) is 5.50. The lowest BCUT2D eigenvalue weighted by Gasteiger charge is -2.28. The van der Waals surface area contributed by atoms with Gasteiger partial charge in [0.05, 0.1) is 23.5 Å². The smallest absolute Gasteiger partial charge is 0.294 e. The normalized spacial score (nSPS) is 16.8. The van der Waals surface area contributed by atoms with E-state index in [1.807, 2.05) is 0 Å². The quantitative estimate of drug-likeness (QED) is 0.244. The van der Waals surface area contributed by atoms with Crippen molar-refractivity contribution in [1.82, 2.24) is 4.72 Å². The molecule has 25 heavy (non-hydrogen) atoms. The third-order valence-corrected chi connectivity index (χ3v) is 5.90. The molecular formula is C13H19ClN4O5S2. The number of anilines is 1. The summed E-state index contributed by atoms with van der Waals surface area (Å²) in [5.41, 5.74) is 0.755. The van der Waals surface area contributed by atoms with Crippen molar-refractivity contribution in [3.8, 4) is 0 Å². The summed E-state index contributed by atoms with van der Waals surface area (Å²) in [6, 6.07) is 3.01. The average molecular weight is 411 g/mol. The summed E-state index contributed by atoms with van der Waals surface area (Å²) in [6.07, 6.45) is 4.23. The second-order valence-corrected chi connectivity index (χ2v) is 8.32. The molecule has 0 spiro atoms. The standard InChI is InChI=1S/C13H19ClN4O5S2/c14-9-7-10-11(8-12(9)25(15,21)22)24-17-13(16-10)5-3-1-2-4-6-23-18(19)20/h7-8,13,16-17H,1-6H2,(H2,15,21,22). The Labute approximate surface area is 154 Å². The Morgan fingerprint density at radius 3 is 2.72 bits per heavy atom. The highest BCUT2D eigenvalue weighted by Gasteiger charge is 2.22. The molecule has 140 valence electrons. The first kappa shape index (κ1) is 20.0. The molecule has 0 saturated heterocycles. The number of benzene rings is 1. The van der Waals surface area contributed by atoms with E-state index in [9.17, 15) is 18.5 Å². The van der Waals surface area contributed by atoms with E-state index < -0.39 is 15.1 Å². The van der Waals surface area contributed by atoms with Gasteiger partial charge < -0.3 is 10.2 Å². The van der Waals surface area contributed by atoms with Crippen molar-refractivity contribution in [2.45, 2.75) is 48.1 Å². The van der Waals surface area contributed by atoms with Gasteiger partial charge in [0.15, 0.2) is 0 Å². The van der Waals surface area contributed by atoms with E-state index in [0.717, 1.165) is 31.4 Å². The predicted octanol–water partition coefficient (Wildman–Crippen LogP) is 2.49. The highest BCUT2D eigenvalue weighted by Crippen LogP contribution is 2.36. The average Bonchev–Trinajstić information content (AvgIpc) is 2.51. The fourth-order valence-corrected chi connectivity index (χ4v) is 4.40. The maximum atomic E-state index is 11.5. The zero-order valence-corrected chi connectivity index (χ0v) is 15.6. The van der Waals surface area contributed by atoms with Crippen LogP contribution in [0.5, 0.6) is 0 Å². The molecule has 0 aromatic heterocycles. The van der Waals surface area contributed by atoms with Crippen molar-refractivity contribution >= 4 is 39.3 Å². The monoisotopic (exact) mass is 410 g/mol. The molecule has 1 aliphatic heterocycles. The van der Waals surface area contributed by atoms with Gasteiger partial charge in [-0.2, -0.15) is 0 Å². The van der Waals surface area contributed by atoms with Gasteiger partial charge in [-0.05, 0) is 36.9 Å². The Morgan fingerprint density at radius 1 is 1.32 bits per heavy atom. The number of rotatable bonds is 9. The Kier molecular flexibility index (Phi) is 7.14. The first-order valence-electron chi connectivity index (χ1n) is 7.60. The van der Waals surface area contributed by atoms with Gasteiger partial charge in [0.1, 0.15) is 4.90 Å². The maximum Gasteiger partial charge on any atom is 0.294 e. The highest BCUT2D eigenvalue weighted by molar-refractivity contribution is 7.97. The molecule has 0 radical (unpaired) electrons. The van der Waals surface area contributed by atoms with Gasteiger partial charge in [0.25, 0.3) is 5.09 Å². The molecule has 0 amide bonds. The van der Waals surface area contributed by atoms with E-state index in [-0.39, 0.29) is 22.7 Å². The van der Waals surface area contributed by atoms with Crippen molar-refractivity contribution in [3.05, 3.63) is 27.3 Å². The Balaban J connectivity index is 1.79. The molecule has 0 bridgehead atoms. The Bertz CT molecular complexity index is 731. The first-order chi connectivity index (χ1) is 11.8. The van der Waals surface area contributed by atoms with Gasteiger partial charge in [0.2, 0.25) is 10.0 Å². The molecule has 9 nitrogen and oxygen atoms in total. The number of primary sulfonamides is 1. The first-order valence-corrected chi connectivity index (χ1v) is 10.3. The minimum absolute atomic E-state index is 0.0175. The second kappa shape index (κ2) is 8.90. The zero-order valence-electron chi connectivity index (χ0n) is 13.2. The zero-order chi connectivity index (χ0) is 18.4. The molecule has 12 heteroatoms. The summed E-state index contributed by atoms with van der Waals surface area (Å²) >= 11 is 7.33. The van der Waals surface area contributed by atoms with Crippen LogP contribution in [0.3, 0.4) is 0 Å². The van der Waals surface area contributed by atoms with Crippen LogP contribution in [0, 0.1) is 10.1 Å². The number of halogens is 1. The van der Waals surface area contributed by atoms with Crippen LogP contribution in [0.1, 0.15) is 32.1 Å². The number of nitrogens with two attached hydrogens (primary N) is 1. The molecule has 1 aromatic carbocycles. The van der Waals surface area contributed by atoms with Crippen molar-refractivity contribution < 1.29 is 18.3 Å². The van der Waals surface area contributed by atoms with Crippen molar-refractivity contribution in [1.29, 1.82) is 0 Å². The van der Waals surface area contributed by atoms with Gasteiger partial charge in [-0.15, -0.1) is 10.1 Å². The van der Waals surface area contributed by atoms with Crippen LogP contribution in [-0.4, -0.2) is 26.3 Å². The van der Waals surface area contributed by atoms with E-state index in [1.54, 1.807) is 6.07 Å². The summed E-state index contributed by atoms with van der Waals surface area (Å²) in [5.74, 6) is 0. The van der Waals surface area contributed by atoms with Crippen molar-refractivity contribution in [2.75, 3.05) is 11.9 Å². The number of nitrogens with one attached hydrogen (secondary N) is 2. The lowest BCUT2D eigenvalue weighted by Crippen LogP contribution is -2.35. The van der Waals surface area contributed by atoms with Gasteiger partial charge in [-0.25, -0.2) is 18.3 Å².